The molecular formula is C8H8O2S2. The highest BCUT2D eigenvalue weighted by atomic mass is 32.2. The molecule has 0 unspecified atom stereocenters. The molecule has 1 aromatic heterocycles. The van der Waals surface area contributed by atoms with E-state index >= 15 is 0 Å². The van der Waals surface area contributed by atoms with Crippen LogP contribution in [0.1, 0.15) is 18.1 Å². The van der Waals surface area contributed by atoms with Gasteiger partial charge >= 0.3 is 0 Å². The summed E-state index contributed by atoms with van der Waals surface area (Å²) in [5, 5.41) is 3.24. The van der Waals surface area contributed by atoms with E-state index in [2.05, 4.69) is 0 Å². The number of thiophene rings is 1. The van der Waals surface area contributed by atoms with Crippen molar-refractivity contribution in [1.29, 1.82) is 0 Å². The molecule has 1 aliphatic heterocycles. The normalized spacial score (nSPS) is 19.0. The van der Waals surface area contributed by atoms with Crippen LogP contribution in [0.25, 0.3) is 5.57 Å². The molecule has 4 heteroatoms. The minimum atomic E-state index is -3.08. The van der Waals surface area contributed by atoms with Crippen molar-refractivity contribution in [2.45, 2.75) is 18.1 Å². The maximum absolute atomic E-state index is 11.4. The molecule has 0 saturated heterocycles. The Balaban J connectivity index is 2.88. The smallest absolute Gasteiger partial charge is 0.210 e. The van der Waals surface area contributed by atoms with Gasteiger partial charge in [-0.15, -0.1) is 11.3 Å². The predicted molar refractivity (Wildman–Crippen MR) is 49.9 cm³/mol. The Morgan fingerprint density at radius 2 is 2.00 bits per heavy atom. The lowest BCUT2D eigenvalue weighted by molar-refractivity contribution is 0.607. The van der Waals surface area contributed by atoms with Gasteiger partial charge in [-0.1, -0.05) is 0 Å². The van der Waals surface area contributed by atoms with Crippen LogP contribution < -0.4 is 0 Å². The van der Waals surface area contributed by atoms with Crippen molar-refractivity contribution in [1.82, 2.24) is 0 Å². The number of fused-ring (bicyclic) bond motifs is 1. The molecule has 2 nitrogen and oxygen atoms in total. The topological polar surface area (TPSA) is 34.1 Å². The zero-order chi connectivity index (χ0) is 8.93. The van der Waals surface area contributed by atoms with Crippen LogP contribution in [0.3, 0.4) is 0 Å². The van der Waals surface area contributed by atoms with Crippen molar-refractivity contribution in [2.24, 2.45) is 0 Å². The van der Waals surface area contributed by atoms with Crippen molar-refractivity contribution in [2.75, 3.05) is 0 Å². The molecule has 0 bridgehead atoms. The Bertz CT molecular complexity index is 463. The Kier molecular flexibility index (Phi) is 1.47. The van der Waals surface area contributed by atoms with E-state index in [1.807, 2.05) is 19.2 Å². The zero-order valence-corrected chi connectivity index (χ0v) is 8.42. The molecule has 64 valence electrons. The van der Waals surface area contributed by atoms with Crippen LogP contribution in [0.4, 0.5) is 0 Å². The molecule has 0 saturated carbocycles. The molecule has 0 aromatic carbocycles. The van der Waals surface area contributed by atoms with Gasteiger partial charge in [0, 0.05) is 11.0 Å². The number of aryl methyl sites for hydroxylation is 1. The van der Waals surface area contributed by atoms with Crippen LogP contribution in [-0.2, 0) is 9.84 Å². The first kappa shape index (κ1) is 8.01. The van der Waals surface area contributed by atoms with Crippen LogP contribution in [0.5, 0.6) is 0 Å². The number of rotatable bonds is 0. The van der Waals surface area contributed by atoms with Crippen LogP contribution >= 0.6 is 11.3 Å². The van der Waals surface area contributed by atoms with E-state index < -0.39 is 9.84 Å². The molecule has 0 N–H and O–H groups in total. The van der Waals surface area contributed by atoms with Gasteiger partial charge < -0.3 is 0 Å². The molecule has 12 heavy (non-hydrogen) atoms. The molecule has 0 radical (unpaired) electrons. The fourth-order valence-corrected chi connectivity index (χ4v) is 4.41. The number of sulfone groups is 1. The van der Waals surface area contributed by atoms with Gasteiger partial charge in [-0.05, 0) is 30.4 Å². The quantitative estimate of drug-likeness (QED) is 0.643. The maximum atomic E-state index is 11.4. The van der Waals surface area contributed by atoms with E-state index in [0.29, 0.717) is 4.21 Å². The minimum Gasteiger partial charge on any atom is -0.218 e. The second-order valence-electron chi connectivity index (χ2n) is 2.93. The first-order valence-electron chi connectivity index (χ1n) is 3.54. The van der Waals surface area contributed by atoms with Gasteiger partial charge in [0.2, 0.25) is 9.84 Å². The lowest BCUT2D eigenvalue weighted by atomic mass is 10.1. The van der Waals surface area contributed by atoms with E-state index in [9.17, 15) is 8.42 Å². The summed E-state index contributed by atoms with van der Waals surface area (Å²) < 4.78 is 23.3. The van der Waals surface area contributed by atoms with Gasteiger partial charge in [-0.2, -0.15) is 0 Å². The summed E-state index contributed by atoms with van der Waals surface area (Å²) in [6, 6.07) is 0. The van der Waals surface area contributed by atoms with Crippen molar-refractivity contribution < 1.29 is 8.42 Å². The number of hydrogen-bond acceptors (Lipinski definition) is 3. The van der Waals surface area contributed by atoms with Crippen LogP contribution in [0.15, 0.2) is 15.0 Å². The van der Waals surface area contributed by atoms with Gasteiger partial charge in [0.1, 0.15) is 4.21 Å². The third-order valence-electron chi connectivity index (χ3n) is 1.93. The molecule has 0 amide bonds. The summed E-state index contributed by atoms with van der Waals surface area (Å²) in [6.07, 6.45) is 0. The summed E-state index contributed by atoms with van der Waals surface area (Å²) >= 11 is 1.31. The largest absolute Gasteiger partial charge is 0.218 e. The van der Waals surface area contributed by atoms with Gasteiger partial charge in [0.15, 0.2) is 0 Å². The predicted octanol–water partition coefficient (Wildman–Crippen LogP) is 2.20. The lowest BCUT2D eigenvalue weighted by Crippen LogP contribution is -1.87. The SMILES string of the molecule is CC1=CS(=O)(=O)c2scc(C)c21. The average molecular weight is 200 g/mol. The maximum Gasteiger partial charge on any atom is 0.210 e. The number of hydrogen-bond donors (Lipinski definition) is 0. The van der Waals surface area contributed by atoms with Gasteiger partial charge in [-0.3, -0.25) is 0 Å². The van der Waals surface area contributed by atoms with Crippen molar-refractivity contribution >= 4 is 26.7 Å². The zero-order valence-electron chi connectivity index (χ0n) is 6.79. The first-order valence-corrected chi connectivity index (χ1v) is 5.97. The molecular weight excluding hydrogens is 192 g/mol. The molecule has 0 spiro atoms. The van der Waals surface area contributed by atoms with Crippen molar-refractivity contribution in [3.8, 4) is 0 Å². The summed E-state index contributed by atoms with van der Waals surface area (Å²) in [5.74, 6) is 0. The molecule has 0 fully saturated rings. The Hall–Kier alpha value is -0.610. The lowest BCUT2D eigenvalue weighted by Gasteiger charge is -1.92. The fraction of sp³-hybridized carbons (Fsp3) is 0.250. The molecule has 2 heterocycles. The highest BCUT2D eigenvalue weighted by Crippen LogP contribution is 2.39. The second-order valence-corrected chi connectivity index (χ2v) is 5.80. The van der Waals surface area contributed by atoms with Gasteiger partial charge in [-0.25, -0.2) is 8.42 Å². The van der Waals surface area contributed by atoms with E-state index in [0.717, 1.165) is 16.7 Å². The van der Waals surface area contributed by atoms with Crippen molar-refractivity contribution in [3.05, 3.63) is 21.9 Å². The monoisotopic (exact) mass is 200 g/mol. The molecule has 0 atom stereocenters. The number of allylic oxidation sites excluding steroid dienone is 1. The van der Waals surface area contributed by atoms with E-state index in [-0.39, 0.29) is 0 Å². The minimum absolute atomic E-state index is 0.512. The molecule has 1 aliphatic rings. The first-order chi connectivity index (χ1) is 5.52. The highest BCUT2D eigenvalue weighted by molar-refractivity contribution is 7.96. The molecule has 2 rings (SSSR count). The van der Waals surface area contributed by atoms with Crippen LogP contribution in [0.2, 0.25) is 0 Å². The van der Waals surface area contributed by atoms with Crippen molar-refractivity contribution in [3.63, 3.8) is 0 Å². The molecule has 1 aromatic rings. The molecule has 0 aliphatic carbocycles. The fourth-order valence-electron chi connectivity index (χ4n) is 1.45. The Morgan fingerprint density at radius 1 is 1.33 bits per heavy atom. The van der Waals surface area contributed by atoms with Gasteiger partial charge in [0.05, 0.1) is 0 Å². The van der Waals surface area contributed by atoms with Gasteiger partial charge in [0.25, 0.3) is 0 Å². The van der Waals surface area contributed by atoms with E-state index in [1.54, 1.807) is 0 Å². The van der Waals surface area contributed by atoms with Crippen LogP contribution in [0, 0.1) is 6.92 Å². The Labute approximate surface area is 75.5 Å². The van der Waals surface area contributed by atoms with E-state index in [1.165, 1.54) is 16.7 Å². The average Bonchev–Trinajstić information content (AvgIpc) is 2.38. The highest BCUT2D eigenvalue weighted by Gasteiger charge is 2.27. The standard InChI is InChI=1S/C8H8O2S2/c1-5-3-11-8-7(5)6(2)4-12(8,9)10/h3-4H,1-2H3. The van der Waals surface area contributed by atoms with E-state index in [4.69, 9.17) is 0 Å². The third kappa shape index (κ3) is 0.881. The Morgan fingerprint density at radius 3 is 2.58 bits per heavy atom. The summed E-state index contributed by atoms with van der Waals surface area (Å²) in [5.41, 5.74) is 2.84. The summed E-state index contributed by atoms with van der Waals surface area (Å²) in [4.78, 5) is 0. The third-order valence-corrected chi connectivity index (χ3v) is 5.19. The second kappa shape index (κ2) is 2.20. The van der Waals surface area contributed by atoms with Crippen LogP contribution in [-0.4, -0.2) is 8.42 Å². The summed E-state index contributed by atoms with van der Waals surface area (Å²) in [6.45, 7) is 3.77. The summed E-state index contributed by atoms with van der Waals surface area (Å²) in [7, 11) is -3.08.